The summed E-state index contributed by atoms with van der Waals surface area (Å²) in [6.45, 7) is 3.11. The van der Waals surface area contributed by atoms with Gasteiger partial charge in [-0.2, -0.15) is 0 Å². The highest BCUT2D eigenvalue weighted by molar-refractivity contribution is 14.1. The molecular weight excluding hydrogens is 309 g/mol. The molecule has 80 valence electrons. The van der Waals surface area contributed by atoms with Crippen molar-refractivity contribution in [2.75, 3.05) is 0 Å². The molecule has 5 heteroatoms. The quantitative estimate of drug-likeness (QED) is 0.489. The van der Waals surface area contributed by atoms with E-state index in [1.807, 2.05) is 22.6 Å². The van der Waals surface area contributed by atoms with Crippen LogP contribution in [0.25, 0.3) is 0 Å². The van der Waals surface area contributed by atoms with Crippen LogP contribution in [0.15, 0.2) is 18.2 Å². The molecule has 0 aliphatic heterocycles. The molecule has 0 bridgehead atoms. The first-order valence-corrected chi connectivity index (χ1v) is 5.45. The van der Waals surface area contributed by atoms with Gasteiger partial charge in [0.15, 0.2) is 0 Å². The van der Waals surface area contributed by atoms with Crippen molar-refractivity contribution in [1.82, 2.24) is 0 Å². The maximum absolute atomic E-state index is 11.2. The Kier molecular flexibility index (Phi) is 3.78. The number of hydrogen-bond acceptors (Lipinski definition) is 3. The Hall–Kier alpha value is -0.980. The number of halogens is 1. The lowest BCUT2D eigenvalue weighted by Crippen LogP contribution is -2.07. The predicted octanol–water partition coefficient (Wildman–Crippen LogP) is 2.89. The lowest BCUT2D eigenvalue weighted by atomic mass is 9.96. The van der Waals surface area contributed by atoms with E-state index in [1.54, 1.807) is 19.1 Å². The van der Waals surface area contributed by atoms with Crippen LogP contribution >= 0.6 is 22.6 Å². The molecule has 1 aromatic rings. The van der Waals surface area contributed by atoms with E-state index in [0.717, 1.165) is 3.57 Å². The minimum Gasteiger partial charge on any atom is -0.299 e. The third kappa shape index (κ3) is 2.74. The molecule has 1 atom stereocenters. The monoisotopic (exact) mass is 319 g/mol. The molecule has 0 aliphatic carbocycles. The highest BCUT2D eigenvalue weighted by Crippen LogP contribution is 2.28. The standard InChI is InChI=1S/C10H10INO3/c1-6(7(2)13)9-4-3-8(11)5-10(9)12(14)15/h3-6H,1-2H3. The van der Waals surface area contributed by atoms with Crippen LogP contribution in [0, 0.1) is 13.7 Å². The van der Waals surface area contributed by atoms with Crippen LogP contribution in [0.2, 0.25) is 0 Å². The van der Waals surface area contributed by atoms with Gasteiger partial charge in [0, 0.05) is 21.1 Å². The molecule has 0 spiro atoms. The molecule has 0 saturated heterocycles. The normalized spacial score (nSPS) is 12.2. The fraction of sp³-hybridized carbons (Fsp3) is 0.300. The van der Waals surface area contributed by atoms with E-state index in [0.29, 0.717) is 5.56 Å². The average Bonchev–Trinajstić information content (AvgIpc) is 2.16. The first-order chi connectivity index (χ1) is 6.93. The summed E-state index contributed by atoms with van der Waals surface area (Å²) >= 11 is 2.01. The third-order valence-corrected chi connectivity index (χ3v) is 2.94. The second kappa shape index (κ2) is 4.69. The number of carbonyl (C=O) groups is 1. The van der Waals surface area contributed by atoms with Gasteiger partial charge >= 0.3 is 0 Å². The van der Waals surface area contributed by atoms with E-state index >= 15 is 0 Å². The van der Waals surface area contributed by atoms with Crippen molar-refractivity contribution in [2.45, 2.75) is 19.8 Å². The number of rotatable bonds is 3. The molecule has 0 amide bonds. The van der Waals surface area contributed by atoms with Crippen LogP contribution in [0.4, 0.5) is 5.69 Å². The number of carbonyl (C=O) groups excluding carboxylic acids is 1. The number of hydrogen-bond donors (Lipinski definition) is 0. The van der Waals surface area contributed by atoms with E-state index in [9.17, 15) is 14.9 Å². The molecule has 0 fully saturated rings. The highest BCUT2D eigenvalue weighted by Gasteiger charge is 2.21. The first kappa shape index (κ1) is 12.1. The number of nitrogens with zero attached hydrogens (tertiary/aromatic N) is 1. The van der Waals surface area contributed by atoms with Crippen molar-refractivity contribution in [3.05, 3.63) is 37.4 Å². The topological polar surface area (TPSA) is 60.2 Å². The van der Waals surface area contributed by atoms with Crippen LogP contribution in [-0.4, -0.2) is 10.7 Å². The summed E-state index contributed by atoms with van der Waals surface area (Å²) in [4.78, 5) is 21.5. The Labute approximate surface area is 101 Å². The Morgan fingerprint density at radius 2 is 2.13 bits per heavy atom. The molecule has 0 N–H and O–H groups in total. The number of nitro groups is 1. The van der Waals surface area contributed by atoms with Crippen molar-refractivity contribution < 1.29 is 9.72 Å². The van der Waals surface area contributed by atoms with Gasteiger partial charge in [-0.3, -0.25) is 14.9 Å². The van der Waals surface area contributed by atoms with Gasteiger partial charge in [0.2, 0.25) is 0 Å². The summed E-state index contributed by atoms with van der Waals surface area (Å²) in [5, 5.41) is 10.8. The van der Waals surface area contributed by atoms with Gasteiger partial charge in [-0.15, -0.1) is 0 Å². The lowest BCUT2D eigenvalue weighted by Gasteiger charge is -2.08. The summed E-state index contributed by atoms with van der Waals surface area (Å²) in [6, 6.07) is 4.89. The van der Waals surface area contributed by atoms with Crippen LogP contribution in [-0.2, 0) is 4.79 Å². The Balaban J connectivity index is 3.28. The van der Waals surface area contributed by atoms with Crippen molar-refractivity contribution in [3.8, 4) is 0 Å². The zero-order chi connectivity index (χ0) is 11.6. The zero-order valence-electron chi connectivity index (χ0n) is 8.36. The van der Waals surface area contributed by atoms with Gasteiger partial charge < -0.3 is 0 Å². The van der Waals surface area contributed by atoms with Crippen LogP contribution in [0.1, 0.15) is 25.3 Å². The highest BCUT2D eigenvalue weighted by atomic mass is 127. The van der Waals surface area contributed by atoms with E-state index in [4.69, 9.17) is 0 Å². The Morgan fingerprint density at radius 1 is 1.53 bits per heavy atom. The van der Waals surface area contributed by atoms with Gasteiger partial charge in [0.25, 0.3) is 5.69 Å². The van der Waals surface area contributed by atoms with E-state index in [2.05, 4.69) is 0 Å². The number of nitro benzene ring substituents is 1. The molecule has 0 aromatic heterocycles. The molecule has 4 nitrogen and oxygen atoms in total. The third-order valence-electron chi connectivity index (χ3n) is 2.27. The van der Waals surface area contributed by atoms with Crippen molar-refractivity contribution in [3.63, 3.8) is 0 Å². The molecule has 1 aromatic carbocycles. The molecular formula is C10H10INO3. The first-order valence-electron chi connectivity index (χ1n) is 4.37. The molecule has 1 rings (SSSR count). The van der Waals surface area contributed by atoms with Crippen molar-refractivity contribution >= 4 is 34.1 Å². The van der Waals surface area contributed by atoms with Gasteiger partial charge in [-0.25, -0.2) is 0 Å². The van der Waals surface area contributed by atoms with E-state index < -0.39 is 10.8 Å². The van der Waals surface area contributed by atoms with Crippen LogP contribution in [0.5, 0.6) is 0 Å². The summed E-state index contributed by atoms with van der Waals surface area (Å²) in [6.07, 6.45) is 0. The molecule has 0 aliphatic rings. The fourth-order valence-corrected chi connectivity index (χ4v) is 1.73. The van der Waals surface area contributed by atoms with E-state index in [-0.39, 0.29) is 11.5 Å². The summed E-state index contributed by atoms with van der Waals surface area (Å²) in [5.41, 5.74) is 0.498. The van der Waals surface area contributed by atoms with Gasteiger partial charge in [-0.1, -0.05) is 13.0 Å². The second-order valence-electron chi connectivity index (χ2n) is 3.29. The lowest BCUT2D eigenvalue weighted by molar-refractivity contribution is -0.385. The fourth-order valence-electron chi connectivity index (χ4n) is 1.26. The maximum atomic E-state index is 11.2. The summed E-state index contributed by atoms with van der Waals surface area (Å²) < 4.78 is 0.791. The second-order valence-corrected chi connectivity index (χ2v) is 4.54. The molecule has 0 saturated carbocycles. The van der Waals surface area contributed by atoms with E-state index in [1.165, 1.54) is 13.0 Å². The smallest absolute Gasteiger partial charge is 0.274 e. The summed E-state index contributed by atoms with van der Waals surface area (Å²) in [5.74, 6) is -0.498. The molecule has 0 radical (unpaired) electrons. The largest absolute Gasteiger partial charge is 0.299 e. The van der Waals surface area contributed by atoms with Crippen LogP contribution < -0.4 is 0 Å². The van der Waals surface area contributed by atoms with Gasteiger partial charge in [-0.05, 0) is 35.6 Å². The molecule has 0 heterocycles. The zero-order valence-corrected chi connectivity index (χ0v) is 10.5. The predicted molar refractivity (Wildman–Crippen MR) is 64.9 cm³/mol. The molecule has 1 unspecified atom stereocenters. The summed E-state index contributed by atoms with van der Waals surface area (Å²) in [7, 11) is 0. The van der Waals surface area contributed by atoms with Crippen LogP contribution in [0.3, 0.4) is 0 Å². The maximum Gasteiger partial charge on any atom is 0.274 e. The van der Waals surface area contributed by atoms with Crippen molar-refractivity contribution in [2.24, 2.45) is 0 Å². The van der Waals surface area contributed by atoms with Gasteiger partial charge in [0.05, 0.1) is 4.92 Å². The average molecular weight is 319 g/mol. The SMILES string of the molecule is CC(=O)C(C)c1ccc(I)cc1[N+](=O)[O-]. The Morgan fingerprint density at radius 3 is 2.60 bits per heavy atom. The minimum atomic E-state index is -0.447. The number of benzene rings is 1. The Bertz CT molecular complexity index is 417. The molecule has 15 heavy (non-hydrogen) atoms. The number of Topliss-reactive ketones (excluding diaryl/α,β-unsaturated/α-hetero) is 1. The van der Waals surface area contributed by atoms with Crippen molar-refractivity contribution in [1.29, 1.82) is 0 Å². The minimum absolute atomic E-state index is 0.0181. The number of ketones is 1. The van der Waals surface area contributed by atoms with Gasteiger partial charge in [0.1, 0.15) is 5.78 Å².